The molecule has 0 spiro atoms. The van der Waals surface area contributed by atoms with E-state index in [0.717, 1.165) is 28.1 Å². The Hall–Kier alpha value is -2.83. The van der Waals surface area contributed by atoms with Crippen LogP contribution in [0.1, 0.15) is 23.6 Å². The van der Waals surface area contributed by atoms with Crippen molar-refractivity contribution in [3.05, 3.63) is 35.0 Å². The van der Waals surface area contributed by atoms with Gasteiger partial charge in [0.1, 0.15) is 5.82 Å². The van der Waals surface area contributed by atoms with Gasteiger partial charge >= 0.3 is 0 Å². The molecule has 2 aromatic rings. The molecule has 1 aromatic carbocycles. The molecule has 1 heterocycles. The second-order valence-corrected chi connectivity index (χ2v) is 5.43. The molecule has 0 fully saturated rings. The number of aromatic nitrogens is 2. The Morgan fingerprint density at radius 2 is 2.04 bits per heavy atom. The molecule has 7 nitrogen and oxygen atoms in total. The molecule has 122 valence electrons. The van der Waals surface area contributed by atoms with Crippen LogP contribution in [0.15, 0.2) is 18.3 Å². The van der Waals surface area contributed by atoms with E-state index in [2.05, 4.69) is 15.3 Å². The van der Waals surface area contributed by atoms with E-state index in [4.69, 9.17) is 11.5 Å². The summed E-state index contributed by atoms with van der Waals surface area (Å²) in [6.07, 6.45) is 2.19. The third kappa shape index (κ3) is 3.50. The van der Waals surface area contributed by atoms with Gasteiger partial charge < -0.3 is 21.7 Å². The van der Waals surface area contributed by atoms with Crippen molar-refractivity contribution in [3.63, 3.8) is 0 Å². The van der Waals surface area contributed by atoms with Crippen LogP contribution >= 0.6 is 0 Å². The van der Waals surface area contributed by atoms with Crippen molar-refractivity contribution in [3.8, 4) is 0 Å². The fourth-order valence-corrected chi connectivity index (χ4v) is 2.43. The Bertz CT molecular complexity index is 744. The fourth-order valence-electron chi connectivity index (χ4n) is 2.43. The molecule has 0 aliphatic carbocycles. The molecule has 0 atom stereocenters. The van der Waals surface area contributed by atoms with Crippen LogP contribution in [0.5, 0.6) is 0 Å². The van der Waals surface area contributed by atoms with Crippen LogP contribution in [-0.2, 0) is 11.2 Å². The van der Waals surface area contributed by atoms with Crippen LogP contribution in [0.2, 0.25) is 0 Å². The highest BCUT2D eigenvalue weighted by atomic mass is 16.2. The lowest BCUT2D eigenvalue weighted by Crippen LogP contribution is -2.24. The zero-order chi connectivity index (χ0) is 17.1. The maximum absolute atomic E-state index is 11.7. The zero-order valence-corrected chi connectivity index (χ0v) is 13.8. The normalized spacial score (nSPS) is 10.4. The monoisotopic (exact) mass is 314 g/mol. The van der Waals surface area contributed by atoms with E-state index in [1.807, 2.05) is 26.1 Å². The van der Waals surface area contributed by atoms with Gasteiger partial charge in [-0.05, 0) is 30.2 Å². The van der Waals surface area contributed by atoms with E-state index in [1.54, 1.807) is 18.1 Å². The quantitative estimate of drug-likeness (QED) is 0.790. The van der Waals surface area contributed by atoms with E-state index in [1.165, 1.54) is 6.92 Å². The molecule has 0 saturated heterocycles. The summed E-state index contributed by atoms with van der Waals surface area (Å²) in [5.74, 6) is 0.497. The Morgan fingerprint density at radius 1 is 1.35 bits per heavy atom. The van der Waals surface area contributed by atoms with Crippen LogP contribution in [0, 0.1) is 6.92 Å². The molecule has 0 aliphatic heterocycles. The second-order valence-electron chi connectivity index (χ2n) is 5.43. The van der Waals surface area contributed by atoms with E-state index in [0.29, 0.717) is 12.2 Å². The predicted octanol–water partition coefficient (Wildman–Crippen LogP) is 1.56. The summed E-state index contributed by atoms with van der Waals surface area (Å²) < 4.78 is 0. The Kier molecular flexibility index (Phi) is 4.68. The van der Waals surface area contributed by atoms with Crippen LogP contribution in [0.25, 0.3) is 0 Å². The molecule has 1 aromatic heterocycles. The van der Waals surface area contributed by atoms with Crippen molar-refractivity contribution in [2.45, 2.75) is 20.3 Å². The number of benzene rings is 1. The topological polar surface area (TPSA) is 110 Å². The number of hydrogen-bond acceptors (Lipinski definition) is 6. The third-order valence-corrected chi connectivity index (χ3v) is 3.85. The van der Waals surface area contributed by atoms with Gasteiger partial charge in [0.25, 0.3) is 0 Å². The minimum Gasteiger partial charge on any atom is -0.388 e. The number of carbonyl (C=O) groups excluding carboxylic acids is 1. The smallest absolute Gasteiger partial charge is 0.223 e. The van der Waals surface area contributed by atoms with Gasteiger partial charge in [-0.25, -0.2) is 4.98 Å². The van der Waals surface area contributed by atoms with Crippen molar-refractivity contribution in [1.82, 2.24) is 9.97 Å². The number of nitrogens with two attached hydrogens (primary N) is 2. The maximum Gasteiger partial charge on any atom is 0.223 e. The number of nitrogens with zero attached hydrogens (tertiary/aromatic N) is 3. The average molecular weight is 314 g/mol. The number of nitrogen functional groups attached to an aromatic ring is 2. The maximum atomic E-state index is 11.7. The highest BCUT2D eigenvalue weighted by Gasteiger charge is 2.14. The summed E-state index contributed by atoms with van der Waals surface area (Å²) >= 11 is 0. The summed E-state index contributed by atoms with van der Waals surface area (Å²) in [5.41, 5.74) is 16.1. The molecule has 0 bridgehead atoms. The zero-order valence-electron chi connectivity index (χ0n) is 13.8. The molecular formula is C16H22N6O. The summed E-state index contributed by atoms with van der Waals surface area (Å²) in [7, 11) is 3.61. The van der Waals surface area contributed by atoms with Crippen molar-refractivity contribution in [1.29, 1.82) is 0 Å². The van der Waals surface area contributed by atoms with Gasteiger partial charge in [-0.15, -0.1) is 0 Å². The first-order valence-corrected chi connectivity index (χ1v) is 7.26. The van der Waals surface area contributed by atoms with Crippen LogP contribution < -0.4 is 21.7 Å². The Balaban J connectivity index is 2.46. The largest absolute Gasteiger partial charge is 0.388 e. The van der Waals surface area contributed by atoms with E-state index in [-0.39, 0.29) is 11.9 Å². The predicted molar refractivity (Wildman–Crippen MR) is 93.5 cm³/mol. The van der Waals surface area contributed by atoms with Gasteiger partial charge in [-0.2, -0.15) is 4.98 Å². The lowest BCUT2D eigenvalue weighted by atomic mass is 10.0. The van der Waals surface area contributed by atoms with Crippen molar-refractivity contribution < 1.29 is 4.79 Å². The molecule has 0 saturated carbocycles. The summed E-state index contributed by atoms with van der Waals surface area (Å²) in [5, 5.41) is 3.16. The van der Waals surface area contributed by atoms with E-state index >= 15 is 0 Å². The van der Waals surface area contributed by atoms with Crippen molar-refractivity contribution in [2.75, 3.05) is 35.8 Å². The van der Waals surface area contributed by atoms with Crippen LogP contribution in [0.4, 0.5) is 23.1 Å². The summed E-state index contributed by atoms with van der Waals surface area (Å²) in [6.45, 7) is 3.52. The standard InChI is InChI=1S/C16H22N6O/c1-9-13(19-3)6-11(7-14(9)22(4)10(2)23)5-12-8-20-16(18)21-15(12)17/h6-8,19H,5H2,1-4H3,(H4,17,18,20,21). The SMILES string of the molecule is CNc1cc(Cc2cnc(N)nc2N)cc(N(C)C(C)=O)c1C. The summed E-state index contributed by atoms with van der Waals surface area (Å²) in [6, 6.07) is 4.01. The Morgan fingerprint density at radius 3 is 2.61 bits per heavy atom. The molecule has 5 N–H and O–H groups in total. The highest BCUT2D eigenvalue weighted by molar-refractivity contribution is 5.93. The Labute approximate surface area is 135 Å². The van der Waals surface area contributed by atoms with E-state index in [9.17, 15) is 4.79 Å². The number of nitrogens with one attached hydrogen (secondary N) is 1. The van der Waals surface area contributed by atoms with Gasteiger partial charge in [-0.1, -0.05) is 0 Å². The van der Waals surface area contributed by atoms with Crippen molar-refractivity contribution in [2.24, 2.45) is 0 Å². The first kappa shape index (κ1) is 16.5. The lowest BCUT2D eigenvalue weighted by Gasteiger charge is -2.21. The van der Waals surface area contributed by atoms with Gasteiger partial charge in [0.15, 0.2) is 0 Å². The number of rotatable bonds is 4. The molecule has 0 radical (unpaired) electrons. The average Bonchev–Trinajstić information content (AvgIpc) is 2.50. The molecule has 0 unspecified atom stereocenters. The number of amides is 1. The van der Waals surface area contributed by atoms with E-state index < -0.39 is 0 Å². The van der Waals surface area contributed by atoms with Gasteiger partial charge in [0.05, 0.1) is 0 Å². The summed E-state index contributed by atoms with van der Waals surface area (Å²) in [4.78, 5) is 21.3. The first-order valence-electron chi connectivity index (χ1n) is 7.26. The van der Waals surface area contributed by atoms with Gasteiger partial charge in [0, 0.05) is 50.6 Å². The molecule has 23 heavy (non-hydrogen) atoms. The lowest BCUT2D eigenvalue weighted by molar-refractivity contribution is -0.116. The second kappa shape index (κ2) is 6.51. The van der Waals surface area contributed by atoms with Crippen LogP contribution in [-0.4, -0.2) is 30.0 Å². The van der Waals surface area contributed by atoms with Gasteiger partial charge in [0.2, 0.25) is 11.9 Å². The third-order valence-electron chi connectivity index (χ3n) is 3.85. The fraction of sp³-hybridized carbons (Fsp3) is 0.312. The number of anilines is 4. The minimum atomic E-state index is -0.0253. The molecule has 7 heteroatoms. The number of carbonyl (C=O) groups is 1. The van der Waals surface area contributed by atoms with Gasteiger partial charge in [-0.3, -0.25) is 4.79 Å². The molecule has 2 rings (SSSR count). The first-order chi connectivity index (χ1) is 10.8. The molecular weight excluding hydrogens is 292 g/mol. The molecule has 0 aliphatic rings. The highest BCUT2D eigenvalue weighted by Crippen LogP contribution is 2.30. The van der Waals surface area contributed by atoms with Crippen molar-refractivity contribution >= 4 is 29.0 Å². The minimum absolute atomic E-state index is 0.0253. The van der Waals surface area contributed by atoms with Crippen LogP contribution in [0.3, 0.4) is 0 Å². The molecule has 1 amide bonds. The number of hydrogen-bond donors (Lipinski definition) is 3.